The molecule has 1 aliphatic rings. The van der Waals surface area contributed by atoms with Crippen molar-refractivity contribution in [2.24, 2.45) is 12.0 Å². The van der Waals surface area contributed by atoms with E-state index < -0.39 is 0 Å². The van der Waals surface area contributed by atoms with Crippen molar-refractivity contribution >= 4 is 22.3 Å². The smallest absolute Gasteiger partial charge is 0.191 e. The van der Waals surface area contributed by atoms with Gasteiger partial charge >= 0.3 is 0 Å². The number of aliphatic imine (C=N–C) groups is 1. The molecule has 0 aromatic carbocycles. The highest BCUT2D eigenvalue weighted by atomic mass is 32.1. The summed E-state index contributed by atoms with van der Waals surface area (Å²) in [5.41, 5.74) is 0. The van der Waals surface area contributed by atoms with Crippen LogP contribution in [0.2, 0.25) is 0 Å². The van der Waals surface area contributed by atoms with Crippen LogP contribution in [0, 0.1) is 6.92 Å². The molecule has 2 aromatic heterocycles. The van der Waals surface area contributed by atoms with Gasteiger partial charge in [0, 0.05) is 45.9 Å². The second-order valence-corrected chi connectivity index (χ2v) is 8.15. The van der Waals surface area contributed by atoms with Crippen molar-refractivity contribution in [2.45, 2.75) is 45.7 Å². The van der Waals surface area contributed by atoms with E-state index in [1.54, 1.807) is 0 Å². The number of hydrogen-bond acceptors (Lipinski definition) is 6. The van der Waals surface area contributed by atoms with Gasteiger partial charge in [-0.3, -0.25) is 0 Å². The molecule has 1 fully saturated rings. The summed E-state index contributed by atoms with van der Waals surface area (Å²) >= 11 is 1.81. The first-order valence-corrected chi connectivity index (χ1v) is 11.3. The number of piperidine rings is 1. The van der Waals surface area contributed by atoms with Crippen LogP contribution < -0.4 is 15.5 Å². The number of anilines is 1. The number of hydrogen-bond donors (Lipinski definition) is 2. The van der Waals surface area contributed by atoms with Gasteiger partial charge in [-0.1, -0.05) is 0 Å². The molecule has 0 spiro atoms. The minimum atomic E-state index is 0.422. The maximum atomic E-state index is 5.43. The number of thiophene rings is 1. The lowest BCUT2D eigenvalue weighted by molar-refractivity contribution is 0.145. The van der Waals surface area contributed by atoms with E-state index in [1.165, 1.54) is 5.00 Å². The van der Waals surface area contributed by atoms with Crippen LogP contribution in [0.5, 0.6) is 0 Å². The molecular weight excluding hydrogens is 386 g/mol. The zero-order valence-corrected chi connectivity index (χ0v) is 18.5. The van der Waals surface area contributed by atoms with Gasteiger partial charge in [-0.2, -0.15) is 0 Å². The van der Waals surface area contributed by atoms with Crippen LogP contribution in [0.1, 0.15) is 37.8 Å². The molecule has 29 heavy (non-hydrogen) atoms. The molecule has 0 aliphatic carbocycles. The van der Waals surface area contributed by atoms with Crippen LogP contribution in [-0.4, -0.2) is 59.6 Å². The summed E-state index contributed by atoms with van der Waals surface area (Å²) in [6.07, 6.45) is 3.15. The Hall–Kier alpha value is -2.13. The van der Waals surface area contributed by atoms with E-state index >= 15 is 0 Å². The van der Waals surface area contributed by atoms with E-state index in [2.05, 4.69) is 43.2 Å². The van der Waals surface area contributed by atoms with Crippen molar-refractivity contribution < 1.29 is 4.74 Å². The average molecular weight is 420 g/mol. The molecule has 0 saturated carbocycles. The van der Waals surface area contributed by atoms with E-state index in [0.717, 1.165) is 69.7 Å². The van der Waals surface area contributed by atoms with E-state index in [-0.39, 0.29) is 0 Å². The van der Waals surface area contributed by atoms with E-state index in [9.17, 15) is 0 Å². The van der Waals surface area contributed by atoms with Crippen molar-refractivity contribution in [3.63, 3.8) is 0 Å². The van der Waals surface area contributed by atoms with Crippen LogP contribution in [0.25, 0.3) is 0 Å². The number of aryl methyl sites for hydroxylation is 1. The van der Waals surface area contributed by atoms with Crippen molar-refractivity contribution in [3.05, 3.63) is 29.2 Å². The molecule has 2 N–H and O–H groups in total. The highest BCUT2D eigenvalue weighted by Gasteiger charge is 2.20. The highest BCUT2D eigenvalue weighted by Crippen LogP contribution is 2.24. The monoisotopic (exact) mass is 419 g/mol. The number of nitrogens with zero attached hydrogens (tertiary/aromatic N) is 5. The van der Waals surface area contributed by atoms with Gasteiger partial charge in [-0.05, 0) is 50.6 Å². The largest absolute Gasteiger partial charge is 0.382 e. The van der Waals surface area contributed by atoms with Crippen molar-refractivity contribution in [2.75, 3.05) is 37.7 Å². The number of nitrogens with one attached hydrogen (secondary N) is 2. The summed E-state index contributed by atoms with van der Waals surface area (Å²) in [6.45, 7) is 8.96. The number of ether oxygens (including phenoxy) is 1. The maximum Gasteiger partial charge on any atom is 0.191 e. The van der Waals surface area contributed by atoms with Gasteiger partial charge < -0.3 is 24.8 Å². The molecule has 3 heterocycles. The minimum Gasteiger partial charge on any atom is -0.382 e. The summed E-state index contributed by atoms with van der Waals surface area (Å²) in [5, 5.41) is 18.9. The molecular formula is C20H33N7OS. The fourth-order valence-electron chi connectivity index (χ4n) is 3.30. The zero-order chi connectivity index (χ0) is 20.5. The first kappa shape index (κ1) is 21.6. The molecule has 0 radical (unpaired) electrons. The lowest BCUT2D eigenvalue weighted by Gasteiger charge is -2.33. The first-order chi connectivity index (χ1) is 14.2. The van der Waals surface area contributed by atoms with Gasteiger partial charge in [0.1, 0.15) is 12.4 Å². The van der Waals surface area contributed by atoms with Gasteiger partial charge in [-0.25, -0.2) is 4.99 Å². The normalized spacial score (nSPS) is 15.7. The SMILES string of the molecule is CCOCCCNC(=NCc1nnc(C)n1C)NC1CCN(c2cccs2)CC1. The summed E-state index contributed by atoms with van der Waals surface area (Å²) in [4.78, 5) is 7.24. The van der Waals surface area contributed by atoms with Crippen LogP contribution in [0.4, 0.5) is 5.00 Å². The molecule has 8 nitrogen and oxygen atoms in total. The highest BCUT2D eigenvalue weighted by molar-refractivity contribution is 7.14. The van der Waals surface area contributed by atoms with Crippen molar-refractivity contribution in [1.29, 1.82) is 0 Å². The van der Waals surface area contributed by atoms with Crippen LogP contribution in [-0.2, 0) is 18.3 Å². The Bertz CT molecular complexity index is 751. The fraction of sp³-hybridized carbons (Fsp3) is 0.650. The fourth-order valence-corrected chi connectivity index (χ4v) is 4.09. The molecule has 0 atom stereocenters. The first-order valence-electron chi connectivity index (χ1n) is 10.4. The number of guanidine groups is 1. The standard InChI is InChI=1S/C20H33N7OS/c1-4-28-13-6-10-21-20(22-15-18-25-24-16(2)26(18)3)23-17-8-11-27(12-9-17)19-7-5-14-29-19/h5,7,14,17H,4,6,8-13,15H2,1-3H3,(H2,21,22,23). The van der Waals surface area contributed by atoms with Gasteiger partial charge in [0.2, 0.25) is 0 Å². The molecule has 160 valence electrons. The number of aromatic nitrogens is 3. The van der Waals surface area contributed by atoms with Crippen LogP contribution >= 0.6 is 11.3 Å². The van der Waals surface area contributed by atoms with Crippen LogP contribution in [0.15, 0.2) is 22.5 Å². The molecule has 0 amide bonds. The summed E-state index contributed by atoms with van der Waals surface area (Å²) < 4.78 is 7.42. The second-order valence-electron chi connectivity index (χ2n) is 7.22. The maximum absolute atomic E-state index is 5.43. The predicted molar refractivity (Wildman–Crippen MR) is 119 cm³/mol. The Balaban J connectivity index is 1.54. The van der Waals surface area contributed by atoms with Crippen molar-refractivity contribution in [1.82, 2.24) is 25.4 Å². The molecule has 1 aliphatic heterocycles. The van der Waals surface area contributed by atoms with Crippen molar-refractivity contribution in [3.8, 4) is 0 Å². The molecule has 2 aromatic rings. The summed E-state index contributed by atoms with van der Waals surface area (Å²) in [5.74, 6) is 2.61. The Kier molecular flexibility index (Phi) is 8.30. The molecule has 3 rings (SSSR count). The third-order valence-electron chi connectivity index (χ3n) is 5.18. The second kappa shape index (κ2) is 11.2. The predicted octanol–water partition coefficient (Wildman–Crippen LogP) is 2.32. The quantitative estimate of drug-likeness (QED) is 0.369. The average Bonchev–Trinajstić information content (AvgIpc) is 3.38. The minimum absolute atomic E-state index is 0.422. The van der Waals surface area contributed by atoms with E-state index in [1.807, 2.05) is 36.8 Å². The Morgan fingerprint density at radius 3 is 2.83 bits per heavy atom. The van der Waals surface area contributed by atoms with Gasteiger partial charge in [0.25, 0.3) is 0 Å². The molecule has 0 unspecified atom stereocenters. The van der Waals surface area contributed by atoms with Crippen LogP contribution in [0.3, 0.4) is 0 Å². The third kappa shape index (κ3) is 6.43. The third-order valence-corrected chi connectivity index (χ3v) is 6.11. The molecule has 1 saturated heterocycles. The Morgan fingerprint density at radius 2 is 2.17 bits per heavy atom. The summed E-state index contributed by atoms with van der Waals surface area (Å²) in [6, 6.07) is 4.74. The lowest BCUT2D eigenvalue weighted by atomic mass is 10.1. The van der Waals surface area contributed by atoms with Gasteiger partial charge in [0.15, 0.2) is 11.8 Å². The molecule has 9 heteroatoms. The van der Waals surface area contributed by atoms with E-state index in [0.29, 0.717) is 12.6 Å². The van der Waals surface area contributed by atoms with Gasteiger partial charge in [0.05, 0.1) is 5.00 Å². The Labute approximate surface area is 177 Å². The Morgan fingerprint density at radius 1 is 1.34 bits per heavy atom. The topological polar surface area (TPSA) is 79.6 Å². The lowest BCUT2D eigenvalue weighted by Crippen LogP contribution is -2.49. The van der Waals surface area contributed by atoms with E-state index in [4.69, 9.17) is 9.73 Å². The molecule has 0 bridgehead atoms. The van der Waals surface area contributed by atoms with Gasteiger partial charge in [-0.15, -0.1) is 21.5 Å². The zero-order valence-electron chi connectivity index (χ0n) is 17.7. The number of rotatable bonds is 9. The summed E-state index contributed by atoms with van der Waals surface area (Å²) in [7, 11) is 1.98.